The maximum atomic E-state index is 12.3. The molecule has 1 heterocycles. The molecular weight excluding hydrogens is 499 g/mol. The summed E-state index contributed by atoms with van der Waals surface area (Å²) in [5.41, 5.74) is 2.48. The Morgan fingerprint density at radius 3 is 2.45 bits per heavy atom. The Morgan fingerprint density at radius 2 is 1.90 bits per heavy atom. The lowest BCUT2D eigenvalue weighted by Crippen LogP contribution is -2.57. The van der Waals surface area contributed by atoms with Crippen LogP contribution in [0.5, 0.6) is 0 Å². The van der Waals surface area contributed by atoms with Crippen molar-refractivity contribution in [3.63, 3.8) is 0 Å². The predicted molar refractivity (Wildman–Crippen MR) is 133 cm³/mol. The van der Waals surface area contributed by atoms with Crippen molar-refractivity contribution in [1.82, 2.24) is 15.1 Å². The van der Waals surface area contributed by atoms with E-state index in [9.17, 15) is 8.42 Å². The standard InChI is InChI=1S/C21H36N4O2S.HI/c1-7-22-20(25-12-13-28(26,27)21(4,5)16-25)23-14-18-10-8-9-11-19(18)15-24(6)17(2)3;/h8-11,17H,7,12-16H2,1-6H3,(H,22,23);1H. The molecule has 166 valence electrons. The molecule has 0 atom stereocenters. The quantitative estimate of drug-likeness (QED) is 0.344. The number of hydrogen-bond acceptors (Lipinski definition) is 4. The smallest absolute Gasteiger partial charge is 0.194 e. The largest absolute Gasteiger partial charge is 0.357 e. The molecule has 1 fully saturated rings. The van der Waals surface area contributed by atoms with Crippen LogP contribution < -0.4 is 5.32 Å². The second kappa shape index (κ2) is 10.9. The summed E-state index contributed by atoms with van der Waals surface area (Å²) in [5.74, 6) is 0.956. The highest BCUT2D eigenvalue weighted by Gasteiger charge is 2.40. The lowest BCUT2D eigenvalue weighted by Gasteiger charge is -2.39. The van der Waals surface area contributed by atoms with Gasteiger partial charge in [-0.2, -0.15) is 0 Å². The maximum absolute atomic E-state index is 12.3. The Morgan fingerprint density at radius 1 is 1.28 bits per heavy atom. The van der Waals surface area contributed by atoms with E-state index >= 15 is 0 Å². The molecule has 29 heavy (non-hydrogen) atoms. The number of nitrogens with zero attached hydrogens (tertiary/aromatic N) is 3. The van der Waals surface area contributed by atoms with Gasteiger partial charge in [0, 0.05) is 32.2 Å². The van der Waals surface area contributed by atoms with E-state index < -0.39 is 14.6 Å². The summed E-state index contributed by atoms with van der Waals surface area (Å²) in [6.45, 7) is 13.2. The number of aliphatic imine (C=N–C) groups is 1. The van der Waals surface area contributed by atoms with Crippen LogP contribution >= 0.6 is 24.0 Å². The van der Waals surface area contributed by atoms with E-state index in [2.05, 4.69) is 54.2 Å². The van der Waals surface area contributed by atoms with Crippen molar-refractivity contribution in [2.75, 3.05) is 32.4 Å². The van der Waals surface area contributed by atoms with E-state index in [4.69, 9.17) is 4.99 Å². The highest BCUT2D eigenvalue weighted by atomic mass is 127. The van der Waals surface area contributed by atoms with Crippen molar-refractivity contribution >= 4 is 39.8 Å². The minimum absolute atomic E-state index is 0. The highest BCUT2D eigenvalue weighted by molar-refractivity contribution is 14.0. The molecular formula is C21H37IN4O2S. The van der Waals surface area contributed by atoms with E-state index in [0.717, 1.165) is 19.0 Å². The Labute approximate surface area is 194 Å². The third kappa shape index (κ3) is 6.82. The van der Waals surface area contributed by atoms with Crippen molar-refractivity contribution in [2.24, 2.45) is 4.99 Å². The summed E-state index contributed by atoms with van der Waals surface area (Å²) in [4.78, 5) is 9.24. The lowest BCUT2D eigenvalue weighted by molar-refractivity contribution is 0.265. The molecule has 1 aromatic rings. The number of rotatable bonds is 6. The van der Waals surface area contributed by atoms with Gasteiger partial charge in [-0.05, 0) is 52.8 Å². The molecule has 2 rings (SSSR count). The summed E-state index contributed by atoms with van der Waals surface area (Å²) in [6, 6.07) is 8.88. The van der Waals surface area contributed by atoms with Gasteiger partial charge in [-0.1, -0.05) is 24.3 Å². The van der Waals surface area contributed by atoms with Crippen LogP contribution in [0, 0.1) is 0 Å². The van der Waals surface area contributed by atoms with E-state index in [1.807, 2.05) is 13.0 Å². The second-order valence-corrected chi connectivity index (χ2v) is 11.2. The van der Waals surface area contributed by atoms with E-state index in [-0.39, 0.29) is 29.7 Å². The van der Waals surface area contributed by atoms with Crippen molar-refractivity contribution < 1.29 is 8.42 Å². The van der Waals surface area contributed by atoms with Gasteiger partial charge in [-0.15, -0.1) is 24.0 Å². The molecule has 0 spiro atoms. The van der Waals surface area contributed by atoms with Crippen molar-refractivity contribution in [3.05, 3.63) is 35.4 Å². The number of sulfone groups is 1. The molecule has 0 radical (unpaired) electrons. The third-order valence-corrected chi connectivity index (χ3v) is 8.03. The third-order valence-electron chi connectivity index (χ3n) is 5.50. The normalized spacial score (nSPS) is 18.6. The van der Waals surface area contributed by atoms with Crippen molar-refractivity contribution in [2.45, 2.75) is 58.5 Å². The Kier molecular flexibility index (Phi) is 9.88. The first-order chi connectivity index (χ1) is 13.1. The van der Waals surface area contributed by atoms with E-state index in [0.29, 0.717) is 25.7 Å². The molecule has 0 unspecified atom stereocenters. The number of hydrogen-bond donors (Lipinski definition) is 1. The second-order valence-electron chi connectivity index (χ2n) is 8.45. The molecule has 0 amide bonds. The zero-order valence-electron chi connectivity index (χ0n) is 18.6. The summed E-state index contributed by atoms with van der Waals surface area (Å²) >= 11 is 0. The zero-order valence-corrected chi connectivity index (χ0v) is 21.8. The molecule has 1 aromatic carbocycles. The van der Waals surface area contributed by atoms with Gasteiger partial charge in [-0.3, -0.25) is 4.90 Å². The van der Waals surface area contributed by atoms with Gasteiger partial charge < -0.3 is 10.2 Å². The molecule has 1 aliphatic rings. The predicted octanol–water partition coefficient (Wildman–Crippen LogP) is 3.12. The van der Waals surface area contributed by atoms with Crippen LogP contribution in [0.2, 0.25) is 0 Å². The molecule has 1 N–H and O–H groups in total. The summed E-state index contributed by atoms with van der Waals surface area (Å²) < 4.78 is 23.9. The molecule has 0 aliphatic carbocycles. The van der Waals surface area contributed by atoms with Gasteiger partial charge in [0.25, 0.3) is 0 Å². The topological polar surface area (TPSA) is 65.0 Å². The van der Waals surface area contributed by atoms with Gasteiger partial charge in [0.15, 0.2) is 15.8 Å². The number of guanidine groups is 1. The molecule has 1 saturated heterocycles. The fourth-order valence-electron chi connectivity index (χ4n) is 3.23. The first-order valence-electron chi connectivity index (χ1n) is 10.1. The van der Waals surface area contributed by atoms with Gasteiger partial charge >= 0.3 is 0 Å². The minimum atomic E-state index is -3.07. The summed E-state index contributed by atoms with van der Waals surface area (Å²) in [5, 5.41) is 3.34. The Bertz CT molecular complexity index is 794. The van der Waals surface area contributed by atoms with Gasteiger partial charge in [-0.25, -0.2) is 13.4 Å². The van der Waals surface area contributed by atoms with Crippen LogP contribution in [-0.4, -0.2) is 67.4 Å². The zero-order chi connectivity index (χ0) is 20.9. The van der Waals surface area contributed by atoms with Gasteiger partial charge in [0.2, 0.25) is 0 Å². The first kappa shape index (κ1) is 26.2. The first-order valence-corrected chi connectivity index (χ1v) is 11.7. The van der Waals surface area contributed by atoms with Gasteiger partial charge in [0.05, 0.1) is 17.0 Å². The monoisotopic (exact) mass is 536 g/mol. The van der Waals surface area contributed by atoms with Crippen LogP contribution in [0.3, 0.4) is 0 Å². The molecule has 1 aliphatic heterocycles. The van der Waals surface area contributed by atoms with Crippen molar-refractivity contribution in [3.8, 4) is 0 Å². The fourth-order valence-corrected chi connectivity index (χ4v) is 4.59. The van der Waals surface area contributed by atoms with Crippen molar-refractivity contribution in [1.29, 1.82) is 0 Å². The molecule has 0 bridgehead atoms. The minimum Gasteiger partial charge on any atom is -0.357 e. The summed E-state index contributed by atoms with van der Waals surface area (Å²) in [6.07, 6.45) is 0. The van der Waals surface area contributed by atoms with E-state index in [1.165, 1.54) is 11.1 Å². The molecule has 6 nitrogen and oxygen atoms in total. The average Bonchev–Trinajstić information content (AvgIpc) is 2.62. The van der Waals surface area contributed by atoms with Gasteiger partial charge in [0.1, 0.15) is 0 Å². The summed E-state index contributed by atoms with van der Waals surface area (Å²) in [7, 11) is -0.938. The number of benzene rings is 1. The number of halogens is 1. The SMILES string of the molecule is CCNC(=NCc1ccccc1CN(C)C(C)C)N1CCS(=O)(=O)C(C)(C)C1.I. The molecule has 0 aromatic heterocycles. The van der Waals surface area contributed by atoms with Crippen LogP contribution in [0.4, 0.5) is 0 Å². The molecule has 0 saturated carbocycles. The Balaban J connectivity index is 0.00000420. The lowest BCUT2D eigenvalue weighted by atomic mass is 10.1. The van der Waals surface area contributed by atoms with Crippen LogP contribution in [-0.2, 0) is 22.9 Å². The maximum Gasteiger partial charge on any atom is 0.194 e. The van der Waals surface area contributed by atoms with Crippen LogP contribution in [0.15, 0.2) is 29.3 Å². The van der Waals surface area contributed by atoms with E-state index in [1.54, 1.807) is 13.8 Å². The van der Waals surface area contributed by atoms with Crippen LogP contribution in [0.1, 0.15) is 45.7 Å². The van der Waals surface area contributed by atoms with Crippen LogP contribution in [0.25, 0.3) is 0 Å². The average molecular weight is 537 g/mol. The molecule has 8 heteroatoms. The fraction of sp³-hybridized carbons (Fsp3) is 0.667. The number of nitrogens with one attached hydrogen (secondary N) is 1. The highest BCUT2D eigenvalue weighted by Crippen LogP contribution is 2.24. The Hall–Kier alpha value is -0.870.